The van der Waals surface area contributed by atoms with Gasteiger partial charge in [-0.25, -0.2) is 9.97 Å². The second-order valence-corrected chi connectivity index (χ2v) is 6.83. The Balaban J connectivity index is 1.48. The fourth-order valence-corrected chi connectivity index (χ4v) is 3.16. The number of hydrogen-bond donors (Lipinski definition) is 2. The van der Waals surface area contributed by atoms with Gasteiger partial charge in [0.25, 0.3) is 0 Å². The molecule has 0 atom stereocenters. The zero-order valence-electron chi connectivity index (χ0n) is 17.6. The molecule has 3 N–H and O–H groups in total. The first-order valence-electron chi connectivity index (χ1n) is 9.75. The summed E-state index contributed by atoms with van der Waals surface area (Å²) in [6.45, 7) is 0.422. The summed E-state index contributed by atoms with van der Waals surface area (Å²) in [5.41, 5.74) is 7.89. The van der Waals surface area contributed by atoms with Crippen molar-refractivity contribution >= 4 is 22.5 Å². The van der Waals surface area contributed by atoms with E-state index in [1.165, 1.54) is 17.2 Å². The topological polar surface area (TPSA) is 126 Å². The number of benzene rings is 2. The van der Waals surface area contributed by atoms with E-state index in [0.717, 1.165) is 5.56 Å². The summed E-state index contributed by atoms with van der Waals surface area (Å²) in [6.07, 6.45) is 4.53. The molecule has 0 radical (unpaired) electrons. The van der Waals surface area contributed by atoms with Crippen molar-refractivity contribution in [1.82, 2.24) is 19.7 Å². The van der Waals surface area contributed by atoms with Crippen LogP contribution in [0.3, 0.4) is 0 Å². The molecule has 2 aromatic carbocycles. The quantitative estimate of drug-likeness (QED) is 0.433. The maximum absolute atomic E-state index is 12.4. The molecule has 1 amide bonds. The monoisotopic (exact) mass is 434 g/mol. The third kappa shape index (κ3) is 4.60. The lowest BCUT2D eigenvalue weighted by Crippen LogP contribution is -2.19. The SMILES string of the molecule is COc1cc2ncnc(Oc3cnn(CC(=O)Nc4cccc(CN)c4)c3)c2cc1OC. The summed E-state index contributed by atoms with van der Waals surface area (Å²) in [4.78, 5) is 20.8. The molecule has 0 aliphatic heterocycles. The average molecular weight is 434 g/mol. The average Bonchev–Trinajstić information content (AvgIpc) is 3.24. The number of rotatable bonds is 8. The van der Waals surface area contributed by atoms with E-state index in [-0.39, 0.29) is 12.5 Å². The van der Waals surface area contributed by atoms with Gasteiger partial charge in [-0.15, -0.1) is 0 Å². The van der Waals surface area contributed by atoms with Crippen LogP contribution >= 0.6 is 0 Å². The Bertz CT molecular complexity index is 1260. The van der Waals surface area contributed by atoms with Crippen LogP contribution in [0.1, 0.15) is 5.56 Å². The maximum atomic E-state index is 12.4. The number of nitrogens with one attached hydrogen (secondary N) is 1. The minimum Gasteiger partial charge on any atom is -0.493 e. The Morgan fingerprint density at radius 3 is 2.72 bits per heavy atom. The predicted octanol–water partition coefficient (Wildman–Crippen LogP) is 2.73. The number of nitrogens with two attached hydrogens (primary N) is 1. The first-order valence-corrected chi connectivity index (χ1v) is 9.75. The lowest BCUT2D eigenvalue weighted by molar-refractivity contribution is -0.116. The normalized spacial score (nSPS) is 10.7. The highest BCUT2D eigenvalue weighted by Gasteiger charge is 2.14. The van der Waals surface area contributed by atoms with Crippen molar-refractivity contribution in [2.75, 3.05) is 19.5 Å². The van der Waals surface area contributed by atoms with E-state index >= 15 is 0 Å². The van der Waals surface area contributed by atoms with Gasteiger partial charge in [0.15, 0.2) is 17.2 Å². The Kier molecular flexibility index (Phi) is 6.13. The van der Waals surface area contributed by atoms with E-state index in [1.54, 1.807) is 38.6 Å². The molecule has 0 unspecified atom stereocenters. The fraction of sp³-hybridized carbons (Fsp3) is 0.182. The van der Waals surface area contributed by atoms with E-state index in [2.05, 4.69) is 20.4 Å². The molecule has 4 rings (SSSR count). The molecule has 0 saturated heterocycles. The van der Waals surface area contributed by atoms with Gasteiger partial charge in [0, 0.05) is 18.3 Å². The smallest absolute Gasteiger partial charge is 0.246 e. The Morgan fingerprint density at radius 1 is 1.12 bits per heavy atom. The summed E-state index contributed by atoms with van der Waals surface area (Å²) in [6, 6.07) is 10.9. The molecule has 10 heteroatoms. The summed E-state index contributed by atoms with van der Waals surface area (Å²) in [5, 5.41) is 7.67. The third-order valence-corrected chi connectivity index (χ3v) is 4.68. The molecule has 0 bridgehead atoms. The van der Waals surface area contributed by atoms with E-state index in [9.17, 15) is 4.79 Å². The van der Waals surface area contributed by atoms with Crippen LogP contribution in [0.5, 0.6) is 23.1 Å². The zero-order chi connectivity index (χ0) is 22.5. The van der Waals surface area contributed by atoms with Crippen LogP contribution < -0.4 is 25.3 Å². The van der Waals surface area contributed by atoms with Crippen LogP contribution in [0.25, 0.3) is 10.9 Å². The molecule has 32 heavy (non-hydrogen) atoms. The molecule has 0 spiro atoms. The Hall–Kier alpha value is -4.18. The highest BCUT2D eigenvalue weighted by Crippen LogP contribution is 2.35. The first kappa shape index (κ1) is 21.1. The van der Waals surface area contributed by atoms with Gasteiger partial charge in [-0.2, -0.15) is 5.10 Å². The molecule has 0 aliphatic rings. The highest BCUT2D eigenvalue weighted by atomic mass is 16.5. The standard InChI is InChI=1S/C22H22N6O4/c1-30-19-7-17-18(8-20(19)31-2)24-13-25-22(17)32-16-10-26-28(11-16)12-21(29)27-15-5-3-4-14(6-15)9-23/h3-8,10-11,13H,9,12,23H2,1-2H3,(H,27,29). The van der Waals surface area contributed by atoms with Gasteiger partial charge in [-0.1, -0.05) is 12.1 Å². The number of aromatic nitrogens is 4. The number of carbonyl (C=O) groups is 1. The van der Waals surface area contributed by atoms with Gasteiger partial charge in [0.2, 0.25) is 11.8 Å². The zero-order valence-corrected chi connectivity index (χ0v) is 17.6. The van der Waals surface area contributed by atoms with Crippen LogP contribution in [0.2, 0.25) is 0 Å². The summed E-state index contributed by atoms with van der Waals surface area (Å²) in [7, 11) is 3.11. The van der Waals surface area contributed by atoms with Crippen LogP contribution in [0, 0.1) is 0 Å². The van der Waals surface area contributed by atoms with Crippen molar-refractivity contribution in [3.63, 3.8) is 0 Å². The van der Waals surface area contributed by atoms with E-state index < -0.39 is 0 Å². The number of methoxy groups -OCH3 is 2. The highest BCUT2D eigenvalue weighted by molar-refractivity contribution is 5.90. The largest absolute Gasteiger partial charge is 0.493 e. The number of fused-ring (bicyclic) bond motifs is 1. The number of nitrogens with zero attached hydrogens (tertiary/aromatic N) is 4. The van der Waals surface area contributed by atoms with Gasteiger partial charge < -0.3 is 25.3 Å². The molecular weight excluding hydrogens is 412 g/mol. The molecule has 0 fully saturated rings. The molecule has 164 valence electrons. The molecular formula is C22H22N6O4. The number of hydrogen-bond acceptors (Lipinski definition) is 8. The van der Waals surface area contributed by atoms with Gasteiger partial charge >= 0.3 is 0 Å². The van der Waals surface area contributed by atoms with E-state index in [0.29, 0.717) is 46.3 Å². The summed E-state index contributed by atoms with van der Waals surface area (Å²) in [5.74, 6) is 1.63. The van der Waals surface area contributed by atoms with Gasteiger partial charge in [0.05, 0.1) is 37.5 Å². The van der Waals surface area contributed by atoms with Crippen LogP contribution in [-0.2, 0) is 17.9 Å². The molecule has 0 aliphatic carbocycles. The van der Waals surface area contributed by atoms with Crippen molar-refractivity contribution < 1.29 is 19.0 Å². The molecule has 4 aromatic rings. The van der Waals surface area contributed by atoms with Crippen LogP contribution in [-0.4, -0.2) is 39.9 Å². The maximum Gasteiger partial charge on any atom is 0.246 e. The predicted molar refractivity (Wildman–Crippen MR) is 118 cm³/mol. The number of anilines is 1. The van der Waals surface area contributed by atoms with E-state index in [1.807, 2.05) is 18.2 Å². The van der Waals surface area contributed by atoms with Crippen molar-refractivity contribution in [2.24, 2.45) is 5.73 Å². The second kappa shape index (κ2) is 9.31. The second-order valence-electron chi connectivity index (χ2n) is 6.83. The summed E-state index contributed by atoms with van der Waals surface area (Å²) < 4.78 is 18.0. The van der Waals surface area contributed by atoms with Gasteiger partial charge in [-0.3, -0.25) is 9.48 Å². The van der Waals surface area contributed by atoms with Crippen LogP contribution in [0.4, 0.5) is 5.69 Å². The number of ether oxygens (including phenoxy) is 3. The minimum atomic E-state index is -0.224. The lowest BCUT2D eigenvalue weighted by atomic mass is 10.2. The number of amides is 1. The Labute approximate surface area is 183 Å². The van der Waals surface area contributed by atoms with E-state index in [4.69, 9.17) is 19.9 Å². The van der Waals surface area contributed by atoms with Gasteiger partial charge in [-0.05, 0) is 23.8 Å². The minimum absolute atomic E-state index is 0.0196. The fourth-order valence-electron chi connectivity index (χ4n) is 3.16. The van der Waals surface area contributed by atoms with Crippen molar-refractivity contribution in [1.29, 1.82) is 0 Å². The van der Waals surface area contributed by atoms with Crippen LogP contribution in [0.15, 0.2) is 55.1 Å². The van der Waals surface area contributed by atoms with Crippen molar-refractivity contribution in [2.45, 2.75) is 13.1 Å². The Morgan fingerprint density at radius 2 is 1.94 bits per heavy atom. The number of carbonyl (C=O) groups excluding carboxylic acids is 1. The van der Waals surface area contributed by atoms with Crippen molar-refractivity contribution in [3.05, 3.63) is 60.7 Å². The summed E-state index contributed by atoms with van der Waals surface area (Å²) >= 11 is 0. The van der Waals surface area contributed by atoms with Gasteiger partial charge in [0.1, 0.15) is 12.9 Å². The van der Waals surface area contributed by atoms with Crippen molar-refractivity contribution in [3.8, 4) is 23.1 Å². The molecule has 2 aromatic heterocycles. The lowest BCUT2D eigenvalue weighted by Gasteiger charge is -2.10. The molecule has 10 nitrogen and oxygen atoms in total. The third-order valence-electron chi connectivity index (χ3n) is 4.68. The molecule has 2 heterocycles. The first-order chi connectivity index (χ1) is 15.6. The molecule has 0 saturated carbocycles.